The SMILES string of the molecule is Clc1cc(I)cc2n[nH]c(Br)c12. The standard InChI is InChI=1S/C7H3BrClIN2/c8-7-6-4(9)1-3(10)2-5(6)11-12-7/h1-2H,(H,11,12). The second kappa shape index (κ2) is 3.16. The Labute approximate surface area is 95.9 Å². The maximum Gasteiger partial charge on any atom is 0.110 e. The number of aromatic amines is 1. The minimum absolute atomic E-state index is 0.720. The fourth-order valence-corrected chi connectivity index (χ4v) is 2.75. The minimum atomic E-state index is 0.720. The second-order valence-corrected chi connectivity index (χ2v) is 4.77. The molecule has 0 amide bonds. The number of rotatable bonds is 0. The van der Waals surface area contributed by atoms with Gasteiger partial charge in [0.15, 0.2) is 0 Å². The summed E-state index contributed by atoms with van der Waals surface area (Å²) in [6.45, 7) is 0. The Balaban J connectivity index is 2.93. The highest BCUT2D eigenvalue weighted by Crippen LogP contribution is 2.30. The zero-order valence-electron chi connectivity index (χ0n) is 5.74. The number of nitrogens with one attached hydrogen (secondary N) is 1. The summed E-state index contributed by atoms with van der Waals surface area (Å²) in [5.74, 6) is 0. The molecular weight excluding hydrogens is 354 g/mol. The van der Waals surface area contributed by atoms with Gasteiger partial charge in [-0.05, 0) is 50.7 Å². The molecule has 1 N–H and O–H groups in total. The smallest absolute Gasteiger partial charge is 0.110 e. The predicted molar refractivity (Wildman–Crippen MR) is 61.5 cm³/mol. The van der Waals surface area contributed by atoms with E-state index in [1.807, 2.05) is 12.1 Å². The molecule has 0 radical (unpaired) electrons. The number of H-pyrrole nitrogens is 1. The molecule has 2 nitrogen and oxygen atoms in total. The van der Waals surface area contributed by atoms with E-state index in [0.717, 1.165) is 24.1 Å². The Kier molecular flexibility index (Phi) is 2.31. The van der Waals surface area contributed by atoms with Crippen LogP contribution in [-0.2, 0) is 0 Å². The van der Waals surface area contributed by atoms with E-state index in [4.69, 9.17) is 11.6 Å². The third-order valence-corrected chi connectivity index (χ3v) is 3.02. The number of nitrogens with zero attached hydrogens (tertiary/aromatic N) is 1. The van der Waals surface area contributed by atoms with E-state index in [1.54, 1.807) is 0 Å². The third kappa shape index (κ3) is 1.36. The lowest BCUT2D eigenvalue weighted by Gasteiger charge is -1.94. The molecule has 62 valence electrons. The fraction of sp³-hybridized carbons (Fsp3) is 0. The maximum absolute atomic E-state index is 6.01. The van der Waals surface area contributed by atoms with Gasteiger partial charge in [0.25, 0.3) is 0 Å². The van der Waals surface area contributed by atoms with Crippen LogP contribution in [0.25, 0.3) is 10.9 Å². The van der Waals surface area contributed by atoms with E-state index in [9.17, 15) is 0 Å². The highest BCUT2D eigenvalue weighted by atomic mass is 127. The topological polar surface area (TPSA) is 28.7 Å². The molecule has 0 spiro atoms. The van der Waals surface area contributed by atoms with E-state index >= 15 is 0 Å². The van der Waals surface area contributed by atoms with Crippen LogP contribution in [0.3, 0.4) is 0 Å². The predicted octanol–water partition coefficient (Wildman–Crippen LogP) is 3.58. The molecule has 1 aromatic heterocycles. The highest BCUT2D eigenvalue weighted by Gasteiger charge is 2.07. The highest BCUT2D eigenvalue weighted by molar-refractivity contribution is 14.1. The summed E-state index contributed by atoms with van der Waals surface area (Å²) in [6, 6.07) is 3.88. The van der Waals surface area contributed by atoms with E-state index in [0.29, 0.717) is 0 Å². The van der Waals surface area contributed by atoms with Crippen molar-refractivity contribution in [3.63, 3.8) is 0 Å². The quantitative estimate of drug-likeness (QED) is 0.718. The largest absolute Gasteiger partial charge is 0.270 e. The van der Waals surface area contributed by atoms with Crippen LogP contribution in [0, 0.1) is 3.57 Å². The molecule has 1 heterocycles. The molecule has 0 saturated heterocycles. The van der Waals surface area contributed by atoms with Crippen LogP contribution >= 0.6 is 50.1 Å². The maximum atomic E-state index is 6.01. The van der Waals surface area contributed by atoms with Crippen molar-refractivity contribution in [3.8, 4) is 0 Å². The van der Waals surface area contributed by atoms with Crippen LogP contribution in [0.1, 0.15) is 0 Å². The van der Waals surface area contributed by atoms with E-state index in [-0.39, 0.29) is 0 Å². The van der Waals surface area contributed by atoms with Gasteiger partial charge in [-0.1, -0.05) is 11.6 Å². The number of aromatic nitrogens is 2. The lowest BCUT2D eigenvalue weighted by molar-refractivity contribution is 1.10. The lowest BCUT2D eigenvalue weighted by Crippen LogP contribution is -1.74. The van der Waals surface area contributed by atoms with Crippen molar-refractivity contribution in [1.82, 2.24) is 10.2 Å². The summed E-state index contributed by atoms with van der Waals surface area (Å²) in [5.41, 5.74) is 0.888. The fourth-order valence-electron chi connectivity index (χ4n) is 1.03. The normalized spacial score (nSPS) is 10.9. The van der Waals surface area contributed by atoms with Crippen LogP contribution in [0.5, 0.6) is 0 Å². The van der Waals surface area contributed by atoms with Gasteiger partial charge < -0.3 is 0 Å². The van der Waals surface area contributed by atoms with Gasteiger partial charge in [-0.3, -0.25) is 5.10 Å². The Bertz CT molecular complexity index is 440. The van der Waals surface area contributed by atoms with Crippen molar-refractivity contribution in [2.24, 2.45) is 0 Å². The van der Waals surface area contributed by atoms with Gasteiger partial charge in [-0.15, -0.1) is 0 Å². The molecule has 1 aromatic carbocycles. The first kappa shape index (κ1) is 8.77. The van der Waals surface area contributed by atoms with E-state index in [2.05, 4.69) is 48.7 Å². The average molecular weight is 357 g/mol. The Morgan fingerprint density at radius 3 is 3.00 bits per heavy atom. The first-order valence-electron chi connectivity index (χ1n) is 3.17. The van der Waals surface area contributed by atoms with Crippen molar-refractivity contribution in [2.45, 2.75) is 0 Å². The molecule has 0 atom stereocenters. The van der Waals surface area contributed by atoms with Gasteiger partial charge in [-0.25, -0.2) is 0 Å². The van der Waals surface area contributed by atoms with Crippen molar-refractivity contribution < 1.29 is 0 Å². The van der Waals surface area contributed by atoms with Crippen LogP contribution in [0.4, 0.5) is 0 Å². The summed E-state index contributed by atoms with van der Waals surface area (Å²) in [6.07, 6.45) is 0. The zero-order valence-corrected chi connectivity index (χ0v) is 10.2. The minimum Gasteiger partial charge on any atom is -0.270 e. The molecule has 0 aliphatic carbocycles. The monoisotopic (exact) mass is 356 g/mol. The van der Waals surface area contributed by atoms with Crippen molar-refractivity contribution >= 4 is 61.0 Å². The van der Waals surface area contributed by atoms with Crippen molar-refractivity contribution in [3.05, 3.63) is 25.3 Å². The van der Waals surface area contributed by atoms with E-state index < -0.39 is 0 Å². The summed E-state index contributed by atoms with van der Waals surface area (Å²) < 4.78 is 1.92. The van der Waals surface area contributed by atoms with Crippen LogP contribution < -0.4 is 0 Å². The van der Waals surface area contributed by atoms with Crippen LogP contribution in [0.2, 0.25) is 5.02 Å². The molecule has 2 aromatic rings. The second-order valence-electron chi connectivity index (χ2n) is 2.32. The Morgan fingerprint density at radius 1 is 1.50 bits per heavy atom. The molecule has 0 bridgehead atoms. The van der Waals surface area contributed by atoms with Gasteiger partial charge in [0, 0.05) is 3.57 Å². The number of hydrogen-bond donors (Lipinski definition) is 1. The van der Waals surface area contributed by atoms with Crippen molar-refractivity contribution in [2.75, 3.05) is 0 Å². The number of halogens is 3. The van der Waals surface area contributed by atoms with Crippen LogP contribution in [0.15, 0.2) is 16.7 Å². The zero-order chi connectivity index (χ0) is 8.72. The summed E-state index contributed by atoms with van der Waals surface area (Å²) in [7, 11) is 0. The molecular formula is C7H3BrClIN2. The molecule has 2 rings (SSSR count). The van der Waals surface area contributed by atoms with Crippen LogP contribution in [-0.4, -0.2) is 10.2 Å². The summed E-state index contributed by atoms with van der Waals surface area (Å²) in [4.78, 5) is 0. The molecule has 0 aliphatic heterocycles. The Hall–Kier alpha value is 0.190. The van der Waals surface area contributed by atoms with Gasteiger partial charge in [-0.2, -0.15) is 5.10 Å². The molecule has 0 unspecified atom stereocenters. The van der Waals surface area contributed by atoms with Gasteiger partial charge >= 0.3 is 0 Å². The van der Waals surface area contributed by atoms with Crippen molar-refractivity contribution in [1.29, 1.82) is 0 Å². The number of benzene rings is 1. The lowest BCUT2D eigenvalue weighted by atomic mass is 10.3. The third-order valence-electron chi connectivity index (χ3n) is 1.53. The first-order valence-corrected chi connectivity index (χ1v) is 5.42. The molecule has 0 saturated carbocycles. The number of fused-ring (bicyclic) bond motifs is 1. The molecule has 12 heavy (non-hydrogen) atoms. The summed E-state index contributed by atoms with van der Waals surface area (Å²) in [5, 5.41) is 8.56. The Morgan fingerprint density at radius 2 is 2.25 bits per heavy atom. The summed E-state index contributed by atoms with van der Waals surface area (Å²) >= 11 is 11.6. The number of hydrogen-bond acceptors (Lipinski definition) is 1. The molecule has 0 aliphatic rings. The molecule has 0 fully saturated rings. The molecule has 5 heteroatoms. The van der Waals surface area contributed by atoms with Gasteiger partial charge in [0.1, 0.15) is 4.60 Å². The average Bonchev–Trinajstić information content (AvgIpc) is 2.31. The van der Waals surface area contributed by atoms with E-state index in [1.165, 1.54) is 0 Å². The van der Waals surface area contributed by atoms with Gasteiger partial charge in [0.2, 0.25) is 0 Å². The van der Waals surface area contributed by atoms with Gasteiger partial charge in [0.05, 0.1) is 15.9 Å². The first-order chi connectivity index (χ1) is 5.68.